The van der Waals surface area contributed by atoms with Crippen molar-refractivity contribution >= 4 is 9.84 Å². The highest BCUT2D eigenvalue weighted by Gasteiger charge is 2.09. The Balaban J connectivity index is 2.47. The molecule has 1 unspecified atom stereocenters. The summed E-state index contributed by atoms with van der Waals surface area (Å²) in [6.45, 7) is 4.07. The average Bonchev–Trinajstić information content (AvgIpc) is 2.12. The van der Waals surface area contributed by atoms with Crippen molar-refractivity contribution in [1.82, 2.24) is 0 Å². The Hall–Kier alpha value is -0.870. The molecule has 0 aliphatic heterocycles. The third-order valence-corrected chi connectivity index (χ3v) is 3.84. The van der Waals surface area contributed by atoms with E-state index >= 15 is 0 Å². The number of hydrogen-bond donors (Lipinski definition) is 1. The molecular weight excluding hydrogens is 248 g/mol. The summed E-state index contributed by atoms with van der Waals surface area (Å²) < 4.78 is 22.0. The van der Waals surface area contributed by atoms with Crippen LogP contribution in [0.5, 0.6) is 0 Å². The first kappa shape index (κ1) is 15.2. The molecule has 1 N–H and O–H groups in total. The largest absolute Gasteiger partial charge is 0.393 e. The molecule has 0 spiro atoms. The fourth-order valence-corrected chi connectivity index (χ4v) is 2.83. The van der Waals surface area contributed by atoms with Crippen molar-refractivity contribution in [2.24, 2.45) is 0 Å². The van der Waals surface area contributed by atoms with Gasteiger partial charge in [0, 0.05) is 12.0 Å². The topological polar surface area (TPSA) is 54.4 Å². The predicted octanol–water partition coefficient (Wildman–Crippen LogP) is 2.03. The van der Waals surface area contributed by atoms with E-state index in [0.29, 0.717) is 19.3 Å². The van der Waals surface area contributed by atoms with Gasteiger partial charge in [-0.25, -0.2) is 8.42 Å². The summed E-state index contributed by atoms with van der Waals surface area (Å²) in [4.78, 5) is 0. The number of rotatable bonds is 6. The van der Waals surface area contributed by atoms with Crippen molar-refractivity contribution in [2.75, 3.05) is 12.0 Å². The predicted molar refractivity (Wildman–Crippen MR) is 74.6 cm³/mol. The first-order valence-electron chi connectivity index (χ1n) is 6.19. The summed E-state index contributed by atoms with van der Waals surface area (Å²) in [6.07, 6.45) is 2.40. The van der Waals surface area contributed by atoms with Crippen LogP contribution in [0, 0.1) is 13.8 Å². The van der Waals surface area contributed by atoms with Gasteiger partial charge in [0.15, 0.2) is 0 Å². The summed E-state index contributed by atoms with van der Waals surface area (Å²) in [6, 6.07) is 6.22. The Labute approximate surface area is 110 Å². The summed E-state index contributed by atoms with van der Waals surface area (Å²) in [7, 11) is -2.92. The van der Waals surface area contributed by atoms with Crippen molar-refractivity contribution in [3.63, 3.8) is 0 Å². The maximum atomic E-state index is 11.0. The molecule has 102 valence electrons. The van der Waals surface area contributed by atoms with E-state index in [-0.39, 0.29) is 5.75 Å². The lowest BCUT2D eigenvalue weighted by Crippen LogP contribution is -2.13. The molecule has 0 aliphatic carbocycles. The van der Waals surface area contributed by atoms with Gasteiger partial charge in [0.1, 0.15) is 9.84 Å². The smallest absolute Gasteiger partial charge is 0.147 e. The molecule has 0 fully saturated rings. The first-order valence-corrected chi connectivity index (χ1v) is 8.25. The van der Waals surface area contributed by atoms with Gasteiger partial charge >= 0.3 is 0 Å². The highest BCUT2D eigenvalue weighted by Crippen LogP contribution is 2.13. The van der Waals surface area contributed by atoms with Gasteiger partial charge in [0.05, 0.1) is 6.10 Å². The minimum absolute atomic E-state index is 0.150. The van der Waals surface area contributed by atoms with Crippen LogP contribution in [0.1, 0.15) is 29.5 Å². The van der Waals surface area contributed by atoms with Crippen molar-refractivity contribution in [1.29, 1.82) is 0 Å². The normalized spacial score (nSPS) is 13.6. The lowest BCUT2D eigenvalue weighted by atomic mass is 10.0. The van der Waals surface area contributed by atoms with E-state index in [1.165, 1.54) is 17.4 Å². The fourth-order valence-electron chi connectivity index (χ4n) is 2.14. The SMILES string of the molecule is Cc1cc(C)cc(CC(O)CCCS(C)(=O)=O)c1. The molecule has 1 aromatic rings. The van der Waals surface area contributed by atoms with E-state index in [1.807, 2.05) is 13.8 Å². The Morgan fingerprint density at radius 3 is 2.22 bits per heavy atom. The summed E-state index contributed by atoms with van der Waals surface area (Å²) in [5.74, 6) is 0.150. The minimum atomic E-state index is -2.92. The second-order valence-electron chi connectivity index (χ2n) is 5.13. The molecule has 1 rings (SSSR count). The molecule has 0 saturated carbocycles. The standard InChI is InChI=1S/C14H22O3S/c1-11-7-12(2)9-13(8-11)10-14(15)5-4-6-18(3,16)17/h7-9,14-15H,4-6,10H2,1-3H3. The summed E-state index contributed by atoms with van der Waals surface area (Å²) in [5.41, 5.74) is 3.49. The van der Waals surface area contributed by atoms with Gasteiger partial charge in [-0.1, -0.05) is 29.3 Å². The minimum Gasteiger partial charge on any atom is -0.393 e. The molecule has 0 aromatic heterocycles. The van der Waals surface area contributed by atoms with Crippen LogP contribution in [0.3, 0.4) is 0 Å². The van der Waals surface area contributed by atoms with Crippen LogP contribution in [0.25, 0.3) is 0 Å². The molecule has 0 saturated heterocycles. The molecule has 0 bridgehead atoms. The Morgan fingerprint density at radius 1 is 1.17 bits per heavy atom. The van der Waals surface area contributed by atoms with Crippen LogP contribution in [0.15, 0.2) is 18.2 Å². The van der Waals surface area contributed by atoms with E-state index in [2.05, 4.69) is 18.2 Å². The summed E-state index contributed by atoms with van der Waals surface area (Å²) >= 11 is 0. The van der Waals surface area contributed by atoms with Crippen LogP contribution in [0.4, 0.5) is 0 Å². The van der Waals surface area contributed by atoms with E-state index in [4.69, 9.17) is 0 Å². The molecule has 0 aliphatic rings. The zero-order valence-corrected chi connectivity index (χ0v) is 12.1. The maximum Gasteiger partial charge on any atom is 0.147 e. The second-order valence-corrected chi connectivity index (χ2v) is 7.39. The lowest BCUT2D eigenvalue weighted by Gasteiger charge is -2.11. The van der Waals surface area contributed by atoms with Crippen LogP contribution in [0.2, 0.25) is 0 Å². The zero-order chi connectivity index (χ0) is 13.8. The maximum absolute atomic E-state index is 11.0. The lowest BCUT2D eigenvalue weighted by molar-refractivity contribution is 0.164. The monoisotopic (exact) mass is 270 g/mol. The number of sulfone groups is 1. The van der Waals surface area contributed by atoms with E-state index in [0.717, 1.165) is 5.56 Å². The van der Waals surface area contributed by atoms with Gasteiger partial charge in [-0.2, -0.15) is 0 Å². The van der Waals surface area contributed by atoms with Gasteiger partial charge < -0.3 is 5.11 Å². The Morgan fingerprint density at radius 2 is 1.72 bits per heavy atom. The molecule has 1 atom stereocenters. The van der Waals surface area contributed by atoms with Gasteiger partial charge in [0.2, 0.25) is 0 Å². The number of aryl methyl sites for hydroxylation is 2. The molecule has 18 heavy (non-hydrogen) atoms. The molecular formula is C14H22O3S. The van der Waals surface area contributed by atoms with Gasteiger partial charge in [-0.05, 0) is 38.7 Å². The van der Waals surface area contributed by atoms with Crippen LogP contribution in [-0.2, 0) is 16.3 Å². The highest BCUT2D eigenvalue weighted by molar-refractivity contribution is 7.90. The second kappa shape index (κ2) is 6.34. The molecule has 0 radical (unpaired) electrons. The number of aliphatic hydroxyl groups excluding tert-OH is 1. The zero-order valence-electron chi connectivity index (χ0n) is 11.3. The third-order valence-electron chi connectivity index (χ3n) is 2.81. The Bertz CT molecular complexity index is 472. The van der Waals surface area contributed by atoms with E-state index in [1.54, 1.807) is 0 Å². The van der Waals surface area contributed by atoms with Crippen molar-refractivity contribution in [3.8, 4) is 0 Å². The molecule has 0 heterocycles. The average molecular weight is 270 g/mol. The van der Waals surface area contributed by atoms with Gasteiger partial charge in [-0.3, -0.25) is 0 Å². The quantitative estimate of drug-likeness (QED) is 0.860. The first-order chi connectivity index (χ1) is 8.26. The summed E-state index contributed by atoms with van der Waals surface area (Å²) in [5, 5.41) is 9.89. The van der Waals surface area contributed by atoms with Gasteiger partial charge in [0.25, 0.3) is 0 Å². The van der Waals surface area contributed by atoms with Crippen LogP contribution < -0.4 is 0 Å². The van der Waals surface area contributed by atoms with E-state index < -0.39 is 15.9 Å². The van der Waals surface area contributed by atoms with Crippen LogP contribution in [-0.4, -0.2) is 31.6 Å². The molecule has 4 heteroatoms. The van der Waals surface area contributed by atoms with Crippen molar-refractivity contribution in [2.45, 2.75) is 39.2 Å². The van der Waals surface area contributed by atoms with Gasteiger partial charge in [-0.15, -0.1) is 0 Å². The molecule has 0 amide bonds. The third kappa shape index (κ3) is 6.17. The number of benzene rings is 1. The van der Waals surface area contributed by atoms with Crippen molar-refractivity contribution < 1.29 is 13.5 Å². The molecule has 3 nitrogen and oxygen atoms in total. The molecule has 1 aromatic carbocycles. The highest BCUT2D eigenvalue weighted by atomic mass is 32.2. The number of aliphatic hydroxyl groups is 1. The fraction of sp³-hybridized carbons (Fsp3) is 0.571. The Kier molecular flexibility index (Phi) is 5.35. The van der Waals surface area contributed by atoms with Crippen molar-refractivity contribution in [3.05, 3.63) is 34.9 Å². The van der Waals surface area contributed by atoms with E-state index in [9.17, 15) is 13.5 Å². The number of hydrogen-bond acceptors (Lipinski definition) is 3. The van der Waals surface area contributed by atoms with Crippen LogP contribution >= 0.6 is 0 Å².